The van der Waals surface area contributed by atoms with Gasteiger partial charge in [-0.25, -0.2) is 4.79 Å². The zero-order valence-corrected chi connectivity index (χ0v) is 13.1. The van der Waals surface area contributed by atoms with E-state index in [1.54, 1.807) is 0 Å². The van der Waals surface area contributed by atoms with E-state index in [4.69, 9.17) is 14.7 Å². The number of carbonyl (C=O) groups is 1. The minimum Gasteiger partial charge on any atom is -0.444 e. The third-order valence-corrected chi connectivity index (χ3v) is 3.29. The van der Waals surface area contributed by atoms with Crippen LogP contribution in [-0.2, 0) is 15.9 Å². The number of nitrogens with zero attached hydrogens (tertiary/aromatic N) is 1. The number of nitrogens with one attached hydrogen (secondary N) is 1. The summed E-state index contributed by atoms with van der Waals surface area (Å²) in [4.78, 5) is 11.7. The Balaban J connectivity index is 2.07. The maximum absolute atomic E-state index is 11.7. The number of amides is 1. The van der Waals surface area contributed by atoms with Crippen molar-refractivity contribution in [3.8, 4) is 0 Å². The van der Waals surface area contributed by atoms with Gasteiger partial charge in [-0.15, -0.1) is 0 Å². The Hall–Kier alpha value is -2.08. The molecule has 1 amide bonds. The molecule has 1 heterocycles. The second-order valence-corrected chi connectivity index (χ2v) is 6.15. The molecule has 2 N–H and O–H groups in total. The van der Waals surface area contributed by atoms with Crippen LogP contribution in [0.25, 0.3) is 0 Å². The lowest BCUT2D eigenvalue weighted by Gasteiger charge is -2.28. The third kappa shape index (κ3) is 4.21. The number of ether oxygens (including phenoxy) is 2. The molecule has 1 aliphatic rings. The number of oxime groups is 1. The number of hydrogen-bond acceptors (Lipinski definition) is 5. The summed E-state index contributed by atoms with van der Waals surface area (Å²) in [5, 5.41) is 14.6. The molecule has 0 fully saturated rings. The Morgan fingerprint density at radius 2 is 2.32 bits per heavy atom. The Kier molecular flexibility index (Phi) is 5.03. The summed E-state index contributed by atoms with van der Waals surface area (Å²) in [5.74, 6) is 0. The van der Waals surface area contributed by atoms with Crippen LogP contribution in [0.3, 0.4) is 0 Å². The molecule has 0 aliphatic carbocycles. The number of fused-ring (bicyclic) bond motifs is 1. The number of benzene rings is 1. The maximum Gasteiger partial charge on any atom is 0.407 e. The molecule has 1 unspecified atom stereocenters. The molecular formula is C16H22N2O4. The van der Waals surface area contributed by atoms with Gasteiger partial charge in [0.05, 0.1) is 19.4 Å². The van der Waals surface area contributed by atoms with Crippen LogP contribution in [0.1, 0.15) is 43.6 Å². The summed E-state index contributed by atoms with van der Waals surface area (Å²) in [7, 11) is 0. The lowest BCUT2D eigenvalue weighted by molar-refractivity contribution is 0.0288. The largest absolute Gasteiger partial charge is 0.444 e. The molecule has 0 saturated carbocycles. The van der Waals surface area contributed by atoms with Crippen LogP contribution in [0.4, 0.5) is 4.79 Å². The summed E-state index contributed by atoms with van der Waals surface area (Å²) in [6.07, 6.45) is 1.47. The van der Waals surface area contributed by atoms with Crippen LogP contribution in [0.2, 0.25) is 0 Å². The molecule has 0 saturated heterocycles. The quantitative estimate of drug-likeness (QED) is 0.511. The van der Waals surface area contributed by atoms with Gasteiger partial charge < -0.3 is 20.0 Å². The van der Waals surface area contributed by atoms with Gasteiger partial charge in [-0.3, -0.25) is 0 Å². The molecule has 22 heavy (non-hydrogen) atoms. The Morgan fingerprint density at radius 1 is 1.55 bits per heavy atom. The van der Waals surface area contributed by atoms with Crippen molar-refractivity contribution >= 4 is 12.3 Å². The van der Waals surface area contributed by atoms with E-state index in [1.165, 1.54) is 6.21 Å². The molecule has 1 atom stereocenters. The van der Waals surface area contributed by atoms with Crippen molar-refractivity contribution in [2.45, 2.75) is 38.9 Å². The van der Waals surface area contributed by atoms with Crippen LogP contribution in [-0.4, -0.2) is 36.3 Å². The zero-order chi connectivity index (χ0) is 16.2. The van der Waals surface area contributed by atoms with Crippen LogP contribution in [0.15, 0.2) is 23.4 Å². The van der Waals surface area contributed by atoms with Crippen molar-refractivity contribution in [2.75, 3.05) is 13.2 Å². The monoisotopic (exact) mass is 306 g/mol. The van der Waals surface area contributed by atoms with E-state index in [2.05, 4.69) is 10.5 Å². The zero-order valence-electron chi connectivity index (χ0n) is 13.1. The molecular weight excluding hydrogens is 284 g/mol. The van der Waals surface area contributed by atoms with Crippen molar-refractivity contribution < 1.29 is 19.5 Å². The van der Waals surface area contributed by atoms with Crippen molar-refractivity contribution in [3.05, 3.63) is 34.9 Å². The average Bonchev–Trinajstić information content (AvgIpc) is 2.44. The minimum absolute atomic E-state index is 0.233. The van der Waals surface area contributed by atoms with E-state index in [0.717, 1.165) is 23.1 Å². The van der Waals surface area contributed by atoms with Crippen molar-refractivity contribution in [2.24, 2.45) is 5.16 Å². The first-order valence-corrected chi connectivity index (χ1v) is 7.28. The smallest absolute Gasteiger partial charge is 0.407 e. The van der Waals surface area contributed by atoms with Gasteiger partial charge in [0.2, 0.25) is 0 Å². The average molecular weight is 306 g/mol. The van der Waals surface area contributed by atoms with E-state index < -0.39 is 11.7 Å². The number of hydrogen-bond donors (Lipinski definition) is 2. The van der Waals surface area contributed by atoms with Gasteiger partial charge in [-0.2, -0.15) is 0 Å². The van der Waals surface area contributed by atoms with Gasteiger partial charge in [0, 0.05) is 0 Å². The van der Waals surface area contributed by atoms with Crippen LogP contribution in [0.5, 0.6) is 0 Å². The van der Waals surface area contributed by atoms with Crippen LogP contribution >= 0.6 is 0 Å². The Bertz CT molecular complexity index is 564. The summed E-state index contributed by atoms with van der Waals surface area (Å²) in [6.45, 7) is 6.35. The first kappa shape index (κ1) is 16.3. The molecule has 0 bridgehead atoms. The molecule has 0 spiro atoms. The van der Waals surface area contributed by atoms with Gasteiger partial charge in [-0.1, -0.05) is 23.4 Å². The van der Waals surface area contributed by atoms with Crippen molar-refractivity contribution in [3.63, 3.8) is 0 Å². The summed E-state index contributed by atoms with van der Waals surface area (Å²) < 4.78 is 11.0. The highest BCUT2D eigenvalue weighted by molar-refractivity contribution is 5.82. The van der Waals surface area contributed by atoms with Crippen LogP contribution < -0.4 is 5.32 Å². The topological polar surface area (TPSA) is 80.2 Å². The van der Waals surface area contributed by atoms with Crippen molar-refractivity contribution in [1.29, 1.82) is 0 Å². The Labute approximate surface area is 130 Å². The normalized spacial score (nSPS) is 18.0. The molecule has 120 valence electrons. The highest BCUT2D eigenvalue weighted by atomic mass is 16.6. The third-order valence-electron chi connectivity index (χ3n) is 3.29. The predicted octanol–water partition coefficient (Wildman–Crippen LogP) is 2.63. The molecule has 0 aromatic heterocycles. The van der Waals surface area contributed by atoms with Gasteiger partial charge in [-0.05, 0) is 43.9 Å². The van der Waals surface area contributed by atoms with Gasteiger partial charge in [0.15, 0.2) is 0 Å². The highest BCUT2D eigenvalue weighted by Crippen LogP contribution is 2.28. The summed E-state index contributed by atoms with van der Waals surface area (Å²) >= 11 is 0. The lowest BCUT2D eigenvalue weighted by Crippen LogP contribution is -2.36. The molecule has 2 rings (SSSR count). The van der Waals surface area contributed by atoms with Crippen LogP contribution in [0, 0.1) is 0 Å². The van der Waals surface area contributed by atoms with Gasteiger partial charge in [0.1, 0.15) is 11.7 Å². The number of alkyl carbamates (subject to hydrolysis) is 1. The summed E-state index contributed by atoms with van der Waals surface area (Å²) in [5.41, 5.74) is 2.42. The second kappa shape index (κ2) is 6.79. The fraction of sp³-hybridized carbons (Fsp3) is 0.500. The Morgan fingerprint density at radius 3 is 3.00 bits per heavy atom. The molecule has 1 aromatic rings. The van der Waals surface area contributed by atoms with E-state index in [1.807, 2.05) is 39.0 Å². The summed E-state index contributed by atoms with van der Waals surface area (Å²) in [6, 6.07) is 5.73. The van der Waals surface area contributed by atoms with Gasteiger partial charge >= 0.3 is 6.09 Å². The fourth-order valence-electron chi connectivity index (χ4n) is 2.45. The van der Waals surface area contributed by atoms with E-state index in [9.17, 15) is 4.79 Å². The first-order chi connectivity index (χ1) is 10.4. The number of carbonyl (C=O) groups excluding carboxylic acids is 1. The molecule has 1 aliphatic heterocycles. The van der Waals surface area contributed by atoms with E-state index in [0.29, 0.717) is 13.2 Å². The second-order valence-electron chi connectivity index (χ2n) is 6.15. The standard InChI is InChI=1S/C16H22N2O4/c1-16(2,3)22-15(19)17-10-14-13-6-4-5-11(9-18-20)12(13)7-8-21-14/h4-6,9,14,20H,7-8,10H2,1-3H3,(H,17,19)/b18-9-. The first-order valence-electron chi connectivity index (χ1n) is 7.28. The highest BCUT2D eigenvalue weighted by Gasteiger charge is 2.24. The fourth-order valence-corrected chi connectivity index (χ4v) is 2.45. The molecule has 6 heteroatoms. The molecule has 1 aromatic carbocycles. The molecule has 6 nitrogen and oxygen atoms in total. The predicted molar refractivity (Wildman–Crippen MR) is 82.5 cm³/mol. The minimum atomic E-state index is -0.528. The SMILES string of the molecule is CC(C)(C)OC(=O)NCC1OCCc2c(/C=N\O)cccc21. The van der Waals surface area contributed by atoms with Gasteiger partial charge in [0.25, 0.3) is 0 Å². The van der Waals surface area contributed by atoms with Crippen molar-refractivity contribution in [1.82, 2.24) is 5.32 Å². The molecule has 0 radical (unpaired) electrons. The number of rotatable bonds is 3. The van der Waals surface area contributed by atoms with E-state index >= 15 is 0 Å². The maximum atomic E-state index is 11.7. The lowest BCUT2D eigenvalue weighted by atomic mass is 9.93. The van der Waals surface area contributed by atoms with E-state index in [-0.39, 0.29) is 6.10 Å².